The van der Waals surface area contributed by atoms with E-state index in [1.54, 1.807) is 0 Å². The lowest BCUT2D eigenvalue weighted by Gasteiger charge is -2.21. The molecule has 1 spiro atoms. The average Bonchev–Trinajstić information content (AvgIpc) is 2.46. The number of ether oxygens (including phenoxy) is 1. The zero-order valence-corrected chi connectivity index (χ0v) is 5.97. The van der Waals surface area contributed by atoms with Crippen LogP contribution in [0.25, 0.3) is 0 Å². The maximum atomic E-state index is 9.23. The molecule has 1 aliphatic heterocycles. The molecule has 0 bridgehead atoms. The van der Waals surface area contributed by atoms with Crippen molar-refractivity contribution in [2.24, 2.45) is 0 Å². The van der Waals surface area contributed by atoms with Crippen LogP contribution in [0.1, 0.15) is 19.3 Å². The van der Waals surface area contributed by atoms with Crippen molar-refractivity contribution in [3.05, 3.63) is 0 Å². The minimum atomic E-state index is -0.148. The van der Waals surface area contributed by atoms with Crippen molar-refractivity contribution in [2.45, 2.75) is 31.1 Å². The number of rotatable bonds is 0. The Morgan fingerprint density at radius 1 is 1.60 bits per heavy atom. The largest absolute Gasteiger partial charge is 0.393 e. The first-order valence-electron chi connectivity index (χ1n) is 3.88. The Labute approximate surface area is 60.4 Å². The van der Waals surface area contributed by atoms with Gasteiger partial charge in [-0.2, -0.15) is 0 Å². The fraction of sp³-hybridized carbons (Fsp3) is 1.00. The Kier molecular flexibility index (Phi) is 1.44. The Morgan fingerprint density at radius 3 is 3.00 bits per heavy atom. The van der Waals surface area contributed by atoms with Crippen LogP contribution in [0, 0.1) is 0 Å². The lowest BCUT2D eigenvalue weighted by molar-refractivity contribution is -0.0133. The molecule has 58 valence electrons. The molecule has 1 saturated carbocycles. The van der Waals surface area contributed by atoms with Gasteiger partial charge in [-0.15, -0.1) is 0 Å². The normalized spacial score (nSPS) is 47.1. The van der Waals surface area contributed by atoms with E-state index in [1.807, 2.05) is 0 Å². The van der Waals surface area contributed by atoms with Crippen LogP contribution in [0.2, 0.25) is 0 Å². The van der Waals surface area contributed by atoms with Crippen LogP contribution >= 0.6 is 0 Å². The van der Waals surface area contributed by atoms with Crippen LogP contribution in [0.3, 0.4) is 0 Å². The molecule has 0 radical (unpaired) electrons. The Hall–Kier alpha value is -0.120. The topological polar surface area (TPSA) is 41.5 Å². The molecule has 0 amide bonds. The van der Waals surface area contributed by atoms with E-state index in [0.29, 0.717) is 0 Å². The molecule has 1 aliphatic carbocycles. The summed E-state index contributed by atoms with van der Waals surface area (Å²) in [6.07, 6.45) is 2.47. The second kappa shape index (κ2) is 2.19. The third kappa shape index (κ3) is 0.944. The van der Waals surface area contributed by atoms with Crippen LogP contribution in [-0.2, 0) is 4.74 Å². The third-order valence-electron chi connectivity index (χ3n) is 2.37. The standard InChI is InChI=1S/C7H13NO2/c9-6-1-2-7(5-6)8-3-4-10-7/h6,8-9H,1-5H2. The summed E-state index contributed by atoms with van der Waals surface area (Å²) in [5.74, 6) is 0. The number of hydrogen-bond acceptors (Lipinski definition) is 3. The highest BCUT2D eigenvalue weighted by molar-refractivity contribution is 4.91. The maximum absolute atomic E-state index is 9.23. The van der Waals surface area contributed by atoms with Crippen molar-refractivity contribution in [2.75, 3.05) is 13.2 Å². The van der Waals surface area contributed by atoms with Gasteiger partial charge in [0, 0.05) is 13.0 Å². The van der Waals surface area contributed by atoms with Gasteiger partial charge in [0.2, 0.25) is 0 Å². The van der Waals surface area contributed by atoms with Crippen molar-refractivity contribution >= 4 is 0 Å². The van der Waals surface area contributed by atoms with E-state index in [4.69, 9.17) is 4.74 Å². The summed E-state index contributed by atoms with van der Waals surface area (Å²) < 4.78 is 5.50. The molecule has 1 saturated heterocycles. The average molecular weight is 143 g/mol. The summed E-state index contributed by atoms with van der Waals surface area (Å²) in [4.78, 5) is 0. The van der Waals surface area contributed by atoms with Crippen molar-refractivity contribution in [1.82, 2.24) is 5.32 Å². The first-order chi connectivity index (χ1) is 4.81. The fourth-order valence-electron chi connectivity index (χ4n) is 1.85. The molecule has 2 rings (SSSR count). The number of nitrogens with one attached hydrogen (secondary N) is 1. The zero-order valence-electron chi connectivity index (χ0n) is 5.97. The quantitative estimate of drug-likeness (QED) is 0.495. The van der Waals surface area contributed by atoms with Crippen LogP contribution in [0.5, 0.6) is 0 Å². The van der Waals surface area contributed by atoms with E-state index in [1.165, 1.54) is 0 Å². The summed E-state index contributed by atoms with van der Waals surface area (Å²) in [6.45, 7) is 1.74. The van der Waals surface area contributed by atoms with Gasteiger partial charge >= 0.3 is 0 Å². The van der Waals surface area contributed by atoms with Gasteiger partial charge in [-0.1, -0.05) is 0 Å². The Balaban J connectivity index is 2.03. The highest BCUT2D eigenvalue weighted by Gasteiger charge is 2.41. The first-order valence-corrected chi connectivity index (χ1v) is 3.88. The molecule has 2 N–H and O–H groups in total. The van der Waals surface area contributed by atoms with Crippen molar-refractivity contribution in [3.63, 3.8) is 0 Å². The predicted octanol–water partition coefficient (Wildman–Crippen LogP) is -0.153. The van der Waals surface area contributed by atoms with Crippen molar-refractivity contribution < 1.29 is 9.84 Å². The monoisotopic (exact) mass is 143 g/mol. The molecular weight excluding hydrogens is 130 g/mol. The van der Waals surface area contributed by atoms with E-state index >= 15 is 0 Å². The molecular formula is C7H13NO2. The molecule has 2 atom stereocenters. The molecule has 1 heterocycles. The van der Waals surface area contributed by atoms with Gasteiger partial charge in [0.25, 0.3) is 0 Å². The summed E-state index contributed by atoms with van der Waals surface area (Å²) in [6, 6.07) is 0. The van der Waals surface area contributed by atoms with Gasteiger partial charge in [0.1, 0.15) is 5.72 Å². The molecule has 0 aromatic rings. The Bertz CT molecular complexity index is 132. The predicted molar refractivity (Wildman–Crippen MR) is 36.5 cm³/mol. The zero-order chi connectivity index (χ0) is 7.03. The molecule has 3 nitrogen and oxygen atoms in total. The number of aliphatic hydroxyl groups is 1. The Morgan fingerprint density at radius 2 is 2.50 bits per heavy atom. The summed E-state index contributed by atoms with van der Waals surface area (Å²) in [5, 5.41) is 12.5. The molecule has 2 fully saturated rings. The van der Waals surface area contributed by atoms with Crippen LogP contribution in [-0.4, -0.2) is 30.1 Å². The highest BCUT2D eigenvalue weighted by atomic mass is 16.5. The molecule has 2 aliphatic rings. The molecule has 2 unspecified atom stereocenters. The second-order valence-electron chi connectivity index (χ2n) is 3.17. The van der Waals surface area contributed by atoms with E-state index < -0.39 is 0 Å². The van der Waals surface area contributed by atoms with Crippen molar-refractivity contribution in [3.8, 4) is 0 Å². The smallest absolute Gasteiger partial charge is 0.121 e. The van der Waals surface area contributed by atoms with Gasteiger partial charge in [0.15, 0.2) is 0 Å². The van der Waals surface area contributed by atoms with E-state index in [2.05, 4.69) is 5.32 Å². The van der Waals surface area contributed by atoms with Gasteiger partial charge in [-0.05, 0) is 12.8 Å². The van der Waals surface area contributed by atoms with Gasteiger partial charge in [-0.3, -0.25) is 5.32 Å². The van der Waals surface area contributed by atoms with E-state index in [9.17, 15) is 5.11 Å². The maximum Gasteiger partial charge on any atom is 0.121 e. The minimum absolute atomic E-state index is 0.139. The second-order valence-corrected chi connectivity index (χ2v) is 3.17. The van der Waals surface area contributed by atoms with Gasteiger partial charge in [-0.25, -0.2) is 0 Å². The van der Waals surface area contributed by atoms with E-state index in [-0.39, 0.29) is 11.8 Å². The number of aliphatic hydroxyl groups excluding tert-OH is 1. The van der Waals surface area contributed by atoms with Gasteiger partial charge < -0.3 is 9.84 Å². The lowest BCUT2D eigenvalue weighted by atomic mass is 10.2. The minimum Gasteiger partial charge on any atom is -0.393 e. The van der Waals surface area contributed by atoms with Crippen LogP contribution in [0.15, 0.2) is 0 Å². The summed E-state index contributed by atoms with van der Waals surface area (Å²) in [5.41, 5.74) is -0.139. The first kappa shape index (κ1) is 6.58. The SMILES string of the molecule is OC1CCC2(C1)NCCO2. The third-order valence-corrected chi connectivity index (χ3v) is 2.37. The molecule has 3 heteroatoms. The van der Waals surface area contributed by atoms with Crippen LogP contribution in [0.4, 0.5) is 0 Å². The highest BCUT2D eigenvalue weighted by Crippen LogP contribution is 2.32. The fourth-order valence-corrected chi connectivity index (χ4v) is 1.85. The van der Waals surface area contributed by atoms with E-state index in [0.717, 1.165) is 32.4 Å². The van der Waals surface area contributed by atoms with Crippen LogP contribution < -0.4 is 5.32 Å². The number of hydrogen-bond donors (Lipinski definition) is 2. The summed E-state index contributed by atoms with van der Waals surface area (Å²) >= 11 is 0. The molecule has 0 aromatic heterocycles. The lowest BCUT2D eigenvalue weighted by Crippen LogP contribution is -2.38. The molecule has 0 aromatic carbocycles. The molecule has 10 heavy (non-hydrogen) atoms. The van der Waals surface area contributed by atoms with Crippen molar-refractivity contribution in [1.29, 1.82) is 0 Å². The summed E-state index contributed by atoms with van der Waals surface area (Å²) in [7, 11) is 0. The van der Waals surface area contributed by atoms with Gasteiger partial charge in [0.05, 0.1) is 12.7 Å².